The number of aromatic nitrogens is 3. The van der Waals surface area contributed by atoms with Crippen molar-refractivity contribution in [1.29, 1.82) is 0 Å². The van der Waals surface area contributed by atoms with Crippen LogP contribution in [0.15, 0.2) is 78.6 Å². The summed E-state index contributed by atoms with van der Waals surface area (Å²) in [5.41, 5.74) is 6.34. The molecule has 182 valence electrons. The Morgan fingerprint density at radius 3 is 2.53 bits per heavy atom. The zero-order valence-electron chi connectivity index (χ0n) is 20.7. The van der Waals surface area contributed by atoms with Crippen LogP contribution >= 0.6 is 0 Å². The average Bonchev–Trinajstić information content (AvgIpc) is 3.39. The van der Waals surface area contributed by atoms with Gasteiger partial charge in [-0.3, -0.25) is 0 Å². The molecule has 4 aromatic rings. The molecule has 2 atom stereocenters. The molecule has 36 heavy (non-hydrogen) atoms. The Morgan fingerprint density at radius 1 is 0.972 bits per heavy atom. The van der Waals surface area contributed by atoms with E-state index in [0.717, 1.165) is 39.5 Å². The van der Waals surface area contributed by atoms with Crippen LogP contribution in [0.25, 0.3) is 5.70 Å². The maximum absolute atomic E-state index is 6.73. The molecule has 0 radical (unpaired) electrons. The van der Waals surface area contributed by atoms with Gasteiger partial charge < -0.3 is 19.5 Å². The van der Waals surface area contributed by atoms with Crippen molar-refractivity contribution >= 4 is 11.6 Å². The van der Waals surface area contributed by atoms with Gasteiger partial charge >= 0.3 is 0 Å². The Bertz CT molecular complexity index is 1460. The van der Waals surface area contributed by atoms with Crippen molar-refractivity contribution < 1.29 is 14.2 Å². The lowest BCUT2D eigenvalue weighted by Crippen LogP contribution is -2.32. The van der Waals surface area contributed by atoms with Gasteiger partial charge in [0.1, 0.15) is 29.6 Å². The summed E-state index contributed by atoms with van der Waals surface area (Å²) in [5.74, 6) is 3.37. The van der Waals surface area contributed by atoms with E-state index in [1.807, 2.05) is 41.1 Å². The van der Waals surface area contributed by atoms with Crippen LogP contribution in [0.3, 0.4) is 0 Å². The van der Waals surface area contributed by atoms with Crippen LogP contribution in [-0.4, -0.2) is 29.0 Å². The number of methoxy groups -OCH3 is 2. The first kappa shape index (κ1) is 22.2. The molecule has 0 saturated heterocycles. The smallest absolute Gasteiger partial charge is 0.226 e. The highest BCUT2D eigenvalue weighted by Gasteiger charge is 2.41. The number of fused-ring (bicyclic) bond motifs is 3. The van der Waals surface area contributed by atoms with E-state index in [-0.39, 0.29) is 6.04 Å². The third-order valence-electron chi connectivity index (χ3n) is 6.96. The standard InChI is InChI=1S/C29H28N4O3/c1-17(2)18-9-11-19(12-10-18)27-25-26(32-29-30-16-31-33(27)29)21-7-5-6-8-23(21)36-28(25)22-14-13-20(34-3)15-24(22)35-4/h5-17,27-28H,1-4H3,(H,30,31,32)/t27-,28-/m0/s1. The van der Waals surface area contributed by atoms with Gasteiger partial charge in [-0.1, -0.05) is 50.2 Å². The number of rotatable bonds is 5. The van der Waals surface area contributed by atoms with Crippen molar-refractivity contribution in [3.05, 3.63) is 101 Å². The van der Waals surface area contributed by atoms with Crippen molar-refractivity contribution in [1.82, 2.24) is 14.8 Å². The summed E-state index contributed by atoms with van der Waals surface area (Å²) in [5, 5.41) is 8.17. The highest BCUT2D eigenvalue weighted by Crippen LogP contribution is 2.52. The zero-order valence-corrected chi connectivity index (χ0v) is 20.7. The third kappa shape index (κ3) is 3.50. The van der Waals surface area contributed by atoms with E-state index in [1.165, 1.54) is 5.56 Å². The van der Waals surface area contributed by atoms with Gasteiger partial charge in [-0.15, -0.1) is 0 Å². The maximum Gasteiger partial charge on any atom is 0.226 e. The van der Waals surface area contributed by atoms with Gasteiger partial charge in [-0.05, 0) is 41.3 Å². The lowest BCUT2D eigenvalue weighted by Gasteiger charge is -2.39. The SMILES string of the molecule is COc1ccc([C@@H]2Oc3ccccc3C3=C2[C@H](c2ccc(C(C)C)cc2)n2ncnc2N3)c(OC)c1. The van der Waals surface area contributed by atoms with Crippen LogP contribution in [-0.2, 0) is 0 Å². The molecular formula is C29H28N4O3. The second kappa shape index (κ2) is 8.75. The number of anilines is 1. The molecule has 1 aromatic heterocycles. The minimum atomic E-state index is -0.421. The first-order valence-electron chi connectivity index (χ1n) is 12.1. The molecule has 0 amide bonds. The van der Waals surface area contributed by atoms with Crippen molar-refractivity contribution in [2.24, 2.45) is 0 Å². The van der Waals surface area contributed by atoms with E-state index < -0.39 is 6.10 Å². The molecule has 0 spiro atoms. The fourth-order valence-electron chi connectivity index (χ4n) is 5.09. The summed E-state index contributed by atoms with van der Waals surface area (Å²) in [6.07, 6.45) is 1.17. The Morgan fingerprint density at radius 2 is 1.78 bits per heavy atom. The quantitative estimate of drug-likeness (QED) is 0.379. The molecule has 0 aliphatic carbocycles. The van der Waals surface area contributed by atoms with Gasteiger partial charge in [0.25, 0.3) is 0 Å². The van der Waals surface area contributed by atoms with E-state index in [4.69, 9.17) is 14.2 Å². The minimum absolute atomic E-state index is 0.217. The molecule has 0 unspecified atom stereocenters. The topological polar surface area (TPSA) is 70.4 Å². The summed E-state index contributed by atoms with van der Waals surface area (Å²) in [4.78, 5) is 4.52. The molecule has 3 heterocycles. The average molecular weight is 481 g/mol. The van der Waals surface area contributed by atoms with E-state index in [9.17, 15) is 0 Å². The molecule has 7 heteroatoms. The predicted molar refractivity (Wildman–Crippen MR) is 139 cm³/mol. The summed E-state index contributed by atoms with van der Waals surface area (Å²) in [6.45, 7) is 4.40. The maximum atomic E-state index is 6.73. The van der Waals surface area contributed by atoms with Gasteiger partial charge in [0.15, 0.2) is 6.10 Å². The van der Waals surface area contributed by atoms with E-state index in [2.05, 4.69) is 59.6 Å². The van der Waals surface area contributed by atoms with Gasteiger partial charge in [-0.25, -0.2) is 4.68 Å². The molecule has 1 N–H and O–H groups in total. The third-order valence-corrected chi connectivity index (χ3v) is 6.96. The second-order valence-electron chi connectivity index (χ2n) is 9.31. The molecule has 0 bridgehead atoms. The number of ether oxygens (including phenoxy) is 3. The van der Waals surface area contributed by atoms with Gasteiger partial charge in [0, 0.05) is 22.8 Å². The number of nitrogens with zero attached hydrogens (tertiary/aromatic N) is 3. The fraction of sp³-hybridized carbons (Fsp3) is 0.241. The Balaban J connectivity index is 1.59. The number of para-hydroxylation sites is 1. The minimum Gasteiger partial charge on any atom is -0.497 e. The van der Waals surface area contributed by atoms with Gasteiger partial charge in [0.05, 0.1) is 19.9 Å². The van der Waals surface area contributed by atoms with Gasteiger partial charge in [-0.2, -0.15) is 10.1 Å². The molecular weight excluding hydrogens is 452 g/mol. The monoisotopic (exact) mass is 480 g/mol. The van der Waals surface area contributed by atoms with Crippen LogP contribution in [0.4, 0.5) is 5.95 Å². The first-order chi connectivity index (χ1) is 17.6. The number of benzene rings is 3. The first-order valence-corrected chi connectivity index (χ1v) is 12.1. The fourth-order valence-corrected chi connectivity index (χ4v) is 5.09. The molecule has 2 aliphatic heterocycles. The zero-order chi connectivity index (χ0) is 24.8. The molecule has 2 aliphatic rings. The van der Waals surface area contributed by atoms with Crippen molar-refractivity contribution in [2.75, 3.05) is 19.5 Å². The number of nitrogens with one attached hydrogen (secondary N) is 1. The lowest BCUT2D eigenvalue weighted by atomic mass is 9.84. The van der Waals surface area contributed by atoms with Crippen LogP contribution in [0.1, 0.15) is 54.2 Å². The molecule has 7 nitrogen and oxygen atoms in total. The van der Waals surface area contributed by atoms with Crippen LogP contribution in [0.2, 0.25) is 0 Å². The summed E-state index contributed by atoms with van der Waals surface area (Å²) in [6, 6.07) is 22.5. The van der Waals surface area contributed by atoms with Crippen LogP contribution in [0.5, 0.6) is 17.2 Å². The largest absolute Gasteiger partial charge is 0.497 e. The highest BCUT2D eigenvalue weighted by atomic mass is 16.5. The van der Waals surface area contributed by atoms with E-state index in [1.54, 1.807) is 20.5 Å². The Hall–Kier alpha value is -4.26. The molecule has 3 aromatic carbocycles. The highest BCUT2D eigenvalue weighted by molar-refractivity contribution is 5.85. The molecule has 0 fully saturated rings. The van der Waals surface area contributed by atoms with Crippen molar-refractivity contribution in [2.45, 2.75) is 31.9 Å². The van der Waals surface area contributed by atoms with Crippen molar-refractivity contribution in [3.8, 4) is 17.2 Å². The molecule has 0 saturated carbocycles. The summed E-state index contributed by atoms with van der Waals surface area (Å²) >= 11 is 0. The Kier molecular flexibility index (Phi) is 5.40. The summed E-state index contributed by atoms with van der Waals surface area (Å²) < 4.78 is 19.9. The molecule has 6 rings (SSSR count). The second-order valence-corrected chi connectivity index (χ2v) is 9.31. The van der Waals surface area contributed by atoms with Crippen molar-refractivity contribution in [3.63, 3.8) is 0 Å². The number of hydrogen-bond acceptors (Lipinski definition) is 6. The van der Waals surface area contributed by atoms with E-state index >= 15 is 0 Å². The lowest BCUT2D eigenvalue weighted by molar-refractivity contribution is 0.217. The summed E-state index contributed by atoms with van der Waals surface area (Å²) in [7, 11) is 3.32. The normalized spacial score (nSPS) is 18.0. The predicted octanol–water partition coefficient (Wildman–Crippen LogP) is 5.98. The van der Waals surface area contributed by atoms with Crippen LogP contribution in [0, 0.1) is 0 Å². The van der Waals surface area contributed by atoms with Crippen LogP contribution < -0.4 is 19.5 Å². The van der Waals surface area contributed by atoms with E-state index in [0.29, 0.717) is 17.6 Å². The number of hydrogen-bond donors (Lipinski definition) is 1. The Labute approximate surface area is 210 Å². The van der Waals surface area contributed by atoms with Gasteiger partial charge in [0.2, 0.25) is 5.95 Å².